The van der Waals surface area contributed by atoms with Crippen LogP contribution in [0.1, 0.15) is 18.2 Å². The van der Waals surface area contributed by atoms with E-state index >= 15 is 0 Å². The lowest BCUT2D eigenvalue weighted by Crippen LogP contribution is -2.48. The molecule has 1 aromatic rings. The molecule has 0 spiro atoms. The van der Waals surface area contributed by atoms with Crippen molar-refractivity contribution in [1.82, 2.24) is 15.1 Å². The number of thiophene rings is 1. The second kappa shape index (κ2) is 12.0. The molecule has 1 fully saturated rings. The van der Waals surface area contributed by atoms with Gasteiger partial charge in [-0.15, -0.1) is 35.3 Å². The van der Waals surface area contributed by atoms with Crippen molar-refractivity contribution in [3.05, 3.63) is 22.4 Å². The number of aliphatic imine (C=N–C) groups is 1. The molecule has 25 heavy (non-hydrogen) atoms. The molecule has 0 saturated carbocycles. The monoisotopic (exact) mass is 496 g/mol. The SMILES string of the molecule is CCC1CN(C(=NCC(=O)N(C)C)NCCc2cccs2)CCS1.I. The standard InChI is InChI=1S/C17H28N4OS2.HI/c1-4-14-13-21(9-11-24-14)17(19-12-16(22)20(2)3)18-8-7-15-6-5-10-23-15;/h5-6,10,14H,4,7-9,11-13H2,1-3H3,(H,18,19);1H. The Hall–Kier alpha value is -0.480. The highest BCUT2D eigenvalue weighted by molar-refractivity contribution is 14.0. The molecule has 1 N–H and O–H groups in total. The molecule has 1 amide bonds. The zero-order valence-corrected chi connectivity index (χ0v) is 19.2. The first kappa shape index (κ1) is 22.6. The van der Waals surface area contributed by atoms with Gasteiger partial charge in [-0.25, -0.2) is 4.99 Å². The molecule has 0 aliphatic carbocycles. The molecule has 1 unspecified atom stereocenters. The first-order valence-corrected chi connectivity index (χ1v) is 10.4. The molecular formula is C17H29IN4OS2. The lowest BCUT2D eigenvalue weighted by atomic mass is 10.3. The van der Waals surface area contributed by atoms with Crippen LogP contribution < -0.4 is 5.32 Å². The Morgan fingerprint density at radius 1 is 1.48 bits per heavy atom. The van der Waals surface area contributed by atoms with Gasteiger partial charge in [0.15, 0.2) is 5.96 Å². The van der Waals surface area contributed by atoms with Crippen LogP contribution in [0.3, 0.4) is 0 Å². The summed E-state index contributed by atoms with van der Waals surface area (Å²) in [5, 5.41) is 6.22. The van der Waals surface area contributed by atoms with Crippen LogP contribution in [0, 0.1) is 0 Å². The number of hydrogen-bond donors (Lipinski definition) is 1. The highest BCUT2D eigenvalue weighted by atomic mass is 127. The molecule has 5 nitrogen and oxygen atoms in total. The van der Waals surface area contributed by atoms with Gasteiger partial charge < -0.3 is 15.1 Å². The van der Waals surface area contributed by atoms with Gasteiger partial charge in [0.2, 0.25) is 5.91 Å². The molecule has 2 heterocycles. The summed E-state index contributed by atoms with van der Waals surface area (Å²) in [6.45, 7) is 5.27. The van der Waals surface area contributed by atoms with Crippen molar-refractivity contribution in [1.29, 1.82) is 0 Å². The zero-order valence-electron chi connectivity index (χ0n) is 15.2. The normalized spacial score (nSPS) is 17.8. The zero-order chi connectivity index (χ0) is 17.4. The molecule has 0 aromatic carbocycles. The molecule has 1 aromatic heterocycles. The van der Waals surface area contributed by atoms with E-state index in [0.717, 1.165) is 37.8 Å². The summed E-state index contributed by atoms with van der Waals surface area (Å²) >= 11 is 3.82. The van der Waals surface area contributed by atoms with Crippen LogP contribution in [0.15, 0.2) is 22.5 Å². The summed E-state index contributed by atoms with van der Waals surface area (Å²) in [6.07, 6.45) is 2.15. The predicted octanol–water partition coefficient (Wildman–Crippen LogP) is 2.77. The van der Waals surface area contributed by atoms with Gasteiger partial charge in [0.05, 0.1) is 0 Å². The molecule has 2 rings (SSSR count). The van der Waals surface area contributed by atoms with Crippen molar-refractivity contribution in [2.75, 3.05) is 46.0 Å². The molecule has 1 aliphatic rings. The van der Waals surface area contributed by atoms with E-state index in [1.807, 2.05) is 11.8 Å². The number of thioether (sulfide) groups is 1. The fourth-order valence-corrected chi connectivity index (χ4v) is 4.35. The summed E-state index contributed by atoms with van der Waals surface area (Å²) in [7, 11) is 3.54. The second-order valence-electron chi connectivity index (χ2n) is 6.03. The van der Waals surface area contributed by atoms with Gasteiger partial charge in [-0.1, -0.05) is 13.0 Å². The van der Waals surface area contributed by atoms with Crippen LogP contribution in [-0.4, -0.2) is 72.9 Å². The Morgan fingerprint density at radius 2 is 2.28 bits per heavy atom. The number of likely N-dealkylation sites (N-methyl/N-ethyl adjacent to an activating group) is 1. The molecule has 142 valence electrons. The van der Waals surface area contributed by atoms with Gasteiger partial charge >= 0.3 is 0 Å². The molecule has 0 bridgehead atoms. The molecule has 1 saturated heterocycles. The predicted molar refractivity (Wildman–Crippen MR) is 121 cm³/mol. The molecule has 1 atom stereocenters. The first-order valence-electron chi connectivity index (χ1n) is 8.47. The van der Waals surface area contributed by atoms with Crippen molar-refractivity contribution in [2.45, 2.75) is 25.0 Å². The fraction of sp³-hybridized carbons (Fsp3) is 0.647. The van der Waals surface area contributed by atoms with Crippen LogP contribution in [0.2, 0.25) is 0 Å². The van der Waals surface area contributed by atoms with E-state index in [4.69, 9.17) is 0 Å². The number of rotatable bonds is 6. The van der Waals surface area contributed by atoms with E-state index in [0.29, 0.717) is 5.25 Å². The summed E-state index contributed by atoms with van der Waals surface area (Å²) in [5.74, 6) is 2.03. The quantitative estimate of drug-likeness (QED) is 0.374. The third-order valence-corrected chi connectivity index (χ3v) is 6.30. The number of halogens is 1. The average Bonchev–Trinajstić information content (AvgIpc) is 3.10. The maximum Gasteiger partial charge on any atom is 0.243 e. The highest BCUT2D eigenvalue weighted by Crippen LogP contribution is 2.21. The van der Waals surface area contributed by atoms with E-state index < -0.39 is 0 Å². The van der Waals surface area contributed by atoms with E-state index in [2.05, 4.69) is 39.6 Å². The van der Waals surface area contributed by atoms with Gasteiger partial charge in [0, 0.05) is 49.6 Å². The average molecular weight is 496 g/mol. The molecule has 0 radical (unpaired) electrons. The third-order valence-electron chi connectivity index (χ3n) is 3.99. The Morgan fingerprint density at radius 3 is 2.92 bits per heavy atom. The number of hydrogen-bond acceptors (Lipinski definition) is 4. The highest BCUT2D eigenvalue weighted by Gasteiger charge is 2.22. The number of carbonyl (C=O) groups excluding carboxylic acids is 1. The topological polar surface area (TPSA) is 47.9 Å². The minimum Gasteiger partial charge on any atom is -0.356 e. The number of carbonyl (C=O) groups is 1. The van der Waals surface area contributed by atoms with E-state index in [-0.39, 0.29) is 36.4 Å². The van der Waals surface area contributed by atoms with Crippen LogP contribution >= 0.6 is 47.1 Å². The van der Waals surface area contributed by atoms with Crippen LogP contribution in [0.4, 0.5) is 0 Å². The van der Waals surface area contributed by atoms with Crippen molar-refractivity contribution >= 4 is 58.9 Å². The second-order valence-corrected chi connectivity index (χ2v) is 8.47. The maximum absolute atomic E-state index is 11.9. The van der Waals surface area contributed by atoms with Crippen molar-refractivity contribution in [3.8, 4) is 0 Å². The van der Waals surface area contributed by atoms with Crippen LogP contribution in [0.25, 0.3) is 0 Å². The van der Waals surface area contributed by atoms with Gasteiger partial charge in [-0.3, -0.25) is 4.79 Å². The van der Waals surface area contributed by atoms with Crippen molar-refractivity contribution < 1.29 is 4.79 Å². The van der Waals surface area contributed by atoms with Crippen LogP contribution in [0.5, 0.6) is 0 Å². The van der Waals surface area contributed by atoms with E-state index in [9.17, 15) is 4.79 Å². The lowest BCUT2D eigenvalue weighted by molar-refractivity contribution is -0.127. The van der Waals surface area contributed by atoms with E-state index in [1.54, 1.807) is 30.3 Å². The van der Waals surface area contributed by atoms with Crippen molar-refractivity contribution in [2.24, 2.45) is 4.99 Å². The molecule has 8 heteroatoms. The smallest absolute Gasteiger partial charge is 0.243 e. The van der Waals surface area contributed by atoms with Gasteiger partial charge in [0.1, 0.15) is 6.54 Å². The number of guanidine groups is 1. The van der Waals surface area contributed by atoms with Gasteiger partial charge in [0.25, 0.3) is 0 Å². The Bertz CT molecular complexity index is 537. The van der Waals surface area contributed by atoms with Crippen LogP contribution in [-0.2, 0) is 11.2 Å². The first-order chi connectivity index (χ1) is 11.6. The van der Waals surface area contributed by atoms with Crippen molar-refractivity contribution in [3.63, 3.8) is 0 Å². The number of nitrogens with one attached hydrogen (secondary N) is 1. The van der Waals surface area contributed by atoms with Gasteiger partial charge in [-0.2, -0.15) is 11.8 Å². The Balaban J connectivity index is 0.00000312. The fourth-order valence-electron chi connectivity index (χ4n) is 2.46. The summed E-state index contributed by atoms with van der Waals surface area (Å²) in [4.78, 5) is 21.7. The largest absolute Gasteiger partial charge is 0.356 e. The minimum atomic E-state index is 0. The summed E-state index contributed by atoms with van der Waals surface area (Å²) in [6, 6.07) is 4.24. The van der Waals surface area contributed by atoms with E-state index in [1.165, 1.54) is 11.3 Å². The maximum atomic E-state index is 11.9. The Kier molecular flexibility index (Phi) is 10.8. The summed E-state index contributed by atoms with van der Waals surface area (Å²) in [5.41, 5.74) is 0. The summed E-state index contributed by atoms with van der Waals surface area (Å²) < 4.78 is 0. The Labute approximate surface area is 176 Å². The third kappa shape index (κ3) is 7.74. The lowest BCUT2D eigenvalue weighted by Gasteiger charge is -2.34. The van der Waals surface area contributed by atoms with Gasteiger partial charge in [-0.05, 0) is 24.3 Å². The number of nitrogens with zero attached hydrogens (tertiary/aromatic N) is 3. The minimum absolute atomic E-state index is 0. The number of amides is 1. The molecular weight excluding hydrogens is 467 g/mol. The molecule has 1 aliphatic heterocycles.